The van der Waals surface area contributed by atoms with Crippen LogP contribution in [0.5, 0.6) is 0 Å². The second kappa shape index (κ2) is 6.72. The highest BCUT2D eigenvalue weighted by atomic mass is 79.9. The van der Waals surface area contributed by atoms with Gasteiger partial charge in [-0.15, -0.1) is 0 Å². The van der Waals surface area contributed by atoms with E-state index < -0.39 is 0 Å². The average Bonchev–Trinajstić information content (AvgIpc) is 2.42. The SMILES string of the molecule is CCC1CCNC(C(=O)Nc2c(C)cc(Br)cc2C)C1. The first kappa shape index (κ1) is 15.5. The van der Waals surface area contributed by atoms with Crippen molar-refractivity contribution in [3.8, 4) is 0 Å². The van der Waals surface area contributed by atoms with E-state index in [0.717, 1.165) is 40.7 Å². The van der Waals surface area contributed by atoms with Crippen molar-refractivity contribution in [2.45, 2.75) is 46.1 Å². The molecule has 0 bridgehead atoms. The van der Waals surface area contributed by atoms with Gasteiger partial charge in [0, 0.05) is 10.2 Å². The lowest BCUT2D eigenvalue weighted by Crippen LogP contribution is -2.46. The van der Waals surface area contributed by atoms with Gasteiger partial charge in [-0.25, -0.2) is 0 Å². The Bertz CT molecular complexity index is 478. The maximum atomic E-state index is 12.4. The van der Waals surface area contributed by atoms with Crippen LogP contribution >= 0.6 is 15.9 Å². The molecule has 0 aliphatic carbocycles. The number of halogens is 1. The quantitative estimate of drug-likeness (QED) is 0.880. The van der Waals surface area contributed by atoms with Gasteiger partial charge in [0.05, 0.1) is 6.04 Å². The summed E-state index contributed by atoms with van der Waals surface area (Å²) in [6.07, 6.45) is 3.27. The van der Waals surface area contributed by atoms with E-state index in [1.54, 1.807) is 0 Å². The molecule has 1 aliphatic rings. The Balaban J connectivity index is 2.08. The van der Waals surface area contributed by atoms with Crippen molar-refractivity contribution in [1.82, 2.24) is 5.32 Å². The number of hydrogen-bond acceptors (Lipinski definition) is 2. The molecule has 0 spiro atoms. The van der Waals surface area contributed by atoms with Crippen LogP contribution in [0.4, 0.5) is 5.69 Å². The second-order valence-corrected chi connectivity index (χ2v) is 6.62. The summed E-state index contributed by atoms with van der Waals surface area (Å²) in [5, 5.41) is 6.43. The van der Waals surface area contributed by atoms with Crippen molar-refractivity contribution in [2.75, 3.05) is 11.9 Å². The lowest BCUT2D eigenvalue weighted by Gasteiger charge is -2.29. The van der Waals surface area contributed by atoms with E-state index in [4.69, 9.17) is 0 Å². The zero-order valence-electron chi connectivity index (χ0n) is 12.4. The maximum absolute atomic E-state index is 12.4. The van der Waals surface area contributed by atoms with Crippen molar-refractivity contribution in [3.05, 3.63) is 27.7 Å². The highest BCUT2D eigenvalue weighted by molar-refractivity contribution is 9.10. The van der Waals surface area contributed by atoms with Gasteiger partial charge in [-0.3, -0.25) is 4.79 Å². The molecule has 1 amide bonds. The predicted octanol–water partition coefficient (Wildman–Crippen LogP) is 3.78. The first-order valence-electron chi connectivity index (χ1n) is 7.32. The summed E-state index contributed by atoms with van der Waals surface area (Å²) in [7, 11) is 0. The summed E-state index contributed by atoms with van der Waals surface area (Å²) in [6.45, 7) is 7.19. The van der Waals surface area contributed by atoms with Gasteiger partial charge in [0.1, 0.15) is 0 Å². The first-order valence-corrected chi connectivity index (χ1v) is 8.11. The molecule has 2 unspecified atom stereocenters. The van der Waals surface area contributed by atoms with Crippen LogP contribution in [0.15, 0.2) is 16.6 Å². The first-order chi connectivity index (χ1) is 9.51. The van der Waals surface area contributed by atoms with Crippen LogP contribution in [0.1, 0.15) is 37.3 Å². The van der Waals surface area contributed by atoms with E-state index in [1.165, 1.54) is 6.42 Å². The number of nitrogens with one attached hydrogen (secondary N) is 2. The Hall–Kier alpha value is -0.870. The van der Waals surface area contributed by atoms with Crippen LogP contribution in [-0.4, -0.2) is 18.5 Å². The summed E-state index contributed by atoms with van der Waals surface area (Å²) >= 11 is 3.48. The zero-order valence-corrected chi connectivity index (χ0v) is 14.0. The van der Waals surface area contributed by atoms with Gasteiger partial charge in [0.15, 0.2) is 0 Å². The molecule has 2 N–H and O–H groups in total. The summed E-state index contributed by atoms with van der Waals surface area (Å²) in [5.74, 6) is 0.760. The number of benzene rings is 1. The van der Waals surface area contributed by atoms with Gasteiger partial charge < -0.3 is 10.6 Å². The molecule has 2 rings (SSSR count). The molecule has 0 radical (unpaired) electrons. The van der Waals surface area contributed by atoms with Crippen LogP contribution in [0.3, 0.4) is 0 Å². The summed E-state index contributed by atoms with van der Waals surface area (Å²) in [4.78, 5) is 12.4. The normalized spacial score (nSPS) is 22.6. The summed E-state index contributed by atoms with van der Waals surface area (Å²) in [6, 6.07) is 4.01. The number of anilines is 1. The van der Waals surface area contributed by atoms with E-state index in [-0.39, 0.29) is 11.9 Å². The number of rotatable bonds is 3. The van der Waals surface area contributed by atoms with Crippen LogP contribution in [0, 0.1) is 19.8 Å². The molecular formula is C16H23BrN2O. The Kier molecular flexibility index (Phi) is 5.22. The number of amides is 1. The van der Waals surface area contributed by atoms with E-state index in [0.29, 0.717) is 5.92 Å². The van der Waals surface area contributed by atoms with Crippen molar-refractivity contribution in [2.24, 2.45) is 5.92 Å². The molecular weight excluding hydrogens is 316 g/mol. The largest absolute Gasteiger partial charge is 0.324 e. The fourth-order valence-corrected chi connectivity index (χ4v) is 3.57. The van der Waals surface area contributed by atoms with E-state index in [9.17, 15) is 4.79 Å². The molecule has 20 heavy (non-hydrogen) atoms. The average molecular weight is 339 g/mol. The molecule has 1 aromatic carbocycles. The third kappa shape index (κ3) is 3.61. The zero-order chi connectivity index (χ0) is 14.7. The predicted molar refractivity (Wildman–Crippen MR) is 87.1 cm³/mol. The van der Waals surface area contributed by atoms with Gasteiger partial charge in [0.25, 0.3) is 0 Å². The highest BCUT2D eigenvalue weighted by Gasteiger charge is 2.26. The lowest BCUT2D eigenvalue weighted by molar-refractivity contribution is -0.119. The third-order valence-corrected chi connectivity index (χ3v) is 4.61. The number of piperidine rings is 1. The molecule has 2 atom stereocenters. The monoisotopic (exact) mass is 338 g/mol. The van der Waals surface area contributed by atoms with Crippen molar-refractivity contribution in [3.63, 3.8) is 0 Å². The fraction of sp³-hybridized carbons (Fsp3) is 0.562. The fourth-order valence-electron chi connectivity index (χ4n) is 2.88. The van der Waals surface area contributed by atoms with Gasteiger partial charge >= 0.3 is 0 Å². The topological polar surface area (TPSA) is 41.1 Å². The summed E-state index contributed by atoms with van der Waals surface area (Å²) < 4.78 is 1.05. The van der Waals surface area contributed by atoms with Crippen LogP contribution in [0.25, 0.3) is 0 Å². The van der Waals surface area contributed by atoms with Gasteiger partial charge in [-0.2, -0.15) is 0 Å². The molecule has 3 nitrogen and oxygen atoms in total. The van der Waals surface area contributed by atoms with Gasteiger partial charge in [0.2, 0.25) is 5.91 Å². The molecule has 110 valence electrons. The molecule has 1 fully saturated rings. The lowest BCUT2D eigenvalue weighted by atomic mass is 9.90. The molecule has 0 aromatic heterocycles. The Morgan fingerprint density at radius 3 is 2.65 bits per heavy atom. The van der Waals surface area contributed by atoms with Gasteiger partial charge in [-0.1, -0.05) is 29.3 Å². The maximum Gasteiger partial charge on any atom is 0.241 e. The third-order valence-electron chi connectivity index (χ3n) is 4.15. The van der Waals surface area contributed by atoms with E-state index in [1.807, 2.05) is 26.0 Å². The standard InChI is InChI=1S/C16H23BrN2O/c1-4-12-5-6-18-14(9-12)16(20)19-15-10(2)7-13(17)8-11(15)3/h7-8,12,14,18H,4-6,9H2,1-3H3,(H,19,20). The number of aryl methyl sites for hydroxylation is 2. The number of carbonyl (C=O) groups excluding carboxylic acids is 1. The minimum atomic E-state index is -0.0591. The molecule has 1 saturated heterocycles. The van der Waals surface area contributed by atoms with Crippen LogP contribution < -0.4 is 10.6 Å². The molecule has 1 heterocycles. The molecule has 4 heteroatoms. The van der Waals surface area contributed by atoms with Crippen LogP contribution in [0.2, 0.25) is 0 Å². The Morgan fingerprint density at radius 1 is 1.40 bits per heavy atom. The minimum absolute atomic E-state index is 0.0591. The number of hydrogen-bond donors (Lipinski definition) is 2. The van der Waals surface area contributed by atoms with Crippen molar-refractivity contribution in [1.29, 1.82) is 0 Å². The van der Waals surface area contributed by atoms with E-state index >= 15 is 0 Å². The molecule has 1 aliphatic heterocycles. The van der Waals surface area contributed by atoms with Crippen LogP contribution in [-0.2, 0) is 4.79 Å². The minimum Gasteiger partial charge on any atom is -0.324 e. The molecule has 0 saturated carbocycles. The van der Waals surface area contributed by atoms with Crippen molar-refractivity contribution < 1.29 is 4.79 Å². The highest BCUT2D eigenvalue weighted by Crippen LogP contribution is 2.26. The second-order valence-electron chi connectivity index (χ2n) is 5.71. The smallest absolute Gasteiger partial charge is 0.241 e. The Labute approximate surface area is 129 Å². The number of carbonyl (C=O) groups is 1. The van der Waals surface area contributed by atoms with E-state index in [2.05, 4.69) is 33.5 Å². The van der Waals surface area contributed by atoms with Gasteiger partial charge in [-0.05, 0) is 62.4 Å². The summed E-state index contributed by atoms with van der Waals surface area (Å²) in [5.41, 5.74) is 3.12. The molecule has 1 aromatic rings. The van der Waals surface area contributed by atoms with Crippen molar-refractivity contribution >= 4 is 27.5 Å². The Morgan fingerprint density at radius 2 is 2.05 bits per heavy atom.